The summed E-state index contributed by atoms with van der Waals surface area (Å²) in [5.41, 5.74) is -0.282. The Morgan fingerprint density at radius 1 is 1.28 bits per heavy atom. The molecule has 0 bridgehead atoms. The van der Waals surface area contributed by atoms with Crippen molar-refractivity contribution >= 4 is 17.7 Å². The number of aliphatic carboxylic acids is 1. The van der Waals surface area contributed by atoms with Crippen LogP contribution in [0.2, 0.25) is 0 Å². The first-order valence-corrected chi connectivity index (χ1v) is 8.91. The van der Waals surface area contributed by atoms with E-state index < -0.39 is 11.4 Å². The molecule has 0 radical (unpaired) electrons. The number of piperidine rings is 1. The van der Waals surface area contributed by atoms with Crippen molar-refractivity contribution in [1.29, 1.82) is 0 Å². The molecule has 3 heterocycles. The first-order valence-electron chi connectivity index (χ1n) is 8.91. The van der Waals surface area contributed by atoms with Gasteiger partial charge in [-0.2, -0.15) is 0 Å². The molecule has 1 amide bonds. The van der Waals surface area contributed by atoms with E-state index in [2.05, 4.69) is 11.6 Å². The van der Waals surface area contributed by atoms with Crippen molar-refractivity contribution in [3.63, 3.8) is 0 Å². The number of hydrogen-bond donors (Lipinski definition) is 1. The van der Waals surface area contributed by atoms with Crippen molar-refractivity contribution in [1.82, 2.24) is 9.88 Å². The molecule has 2 aliphatic rings. The van der Waals surface area contributed by atoms with E-state index in [1.165, 1.54) is 0 Å². The summed E-state index contributed by atoms with van der Waals surface area (Å²) in [6, 6.07) is 3.57. The van der Waals surface area contributed by atoms with Gasteiger partial charge in [-0.25, -0.2) is 4.98 Å². The fraction of sp³-hybridized carbons (Fsp3) is 0.526. The van der Waals surface area contributed by atoms with Crippen LogP contribution in [-0.2, 0) is 4.79 Å². The summed E-state index contributed by atoms with van der Waals surface area (Å²) in [4.78, 5) is 33.0. The lowest BCUT2D eigenvalue weighted by molar-refractivity contribution is -0.149. The monoisotopic (exact) mass is 343 g/mol. The van der Waals surface area contributed by atoms with Gasteiger partial charge in [0.2, 0.25) is 0 Å². The topological polar surface area (TPSA) is 73.7 Å². The molecule has 1 atom stereocenters. The second kappa shape index (κ2) is 7.25. The molecule has 134 valence electrons. The SMILES string of the molecule is C=CC[C@]1(C(=O)O)CCCN(c2ncccc2C(=O)N2CCCC2)C1. The van der Waals surface area contributed by atoms with Gasteiger partial charge >= 0.3 is 5.97 Å². The van der Waals surface area contributed by atoms with E-state index in [-0.39, 0.29) is 5.91 Å². The van der Waals surface area contributed by atoms with Crippen LogP contribution in [0.4, 0.5) is 5.82 Å². The van der Waals surface area contributed by atoms with Crippen molar-refractivity contribution in [2.24, 2.45) is 5.41 Å². The highest BCUT2D eigenvalue weighted by atomic mass is 16.4. The zero-order valence-corrected chi connectivity index (χ0v) is 14.5. The molecule has 6 nitrogen and oxygen atoms in total. The Bertz CT molecular complexity index is 670. The predicted molar refractivity (Wildman–Crippen MR) is 95.7 cm³/mol. The highest BCUT2D eigenvalue weighted by molar-refractivity contribution is 5.99. The number of nitrogens with zero attached hydrogens (tertiary/aromatic N) is 3. The van der Waals surface area contributed by atoms with Crippen molar-refractivity contribution in [3.05, 3.63) is 36.5 Å². The van der Waals surface area contributed by atoms with Crippen LogP contribution in [0.15, 0.2) is 31.0 Å². The summed E-state index contributed by atoms with van der Waals surface area (Å²) in [5, 5.41) is 9.77. The number of amides is 1. The number of hydrogen-bond acceptors (Lipinski definition) is 4. The van der Waals surface area contributed by atoms with Crippen LogP contribution in [0, 0.1) is 5.41 Å². The van der Waals surface area contributed by atoms with Gasteiger partial charge in [-0.05, 0) is 44.2 Å². The van der Waals surface area contributed by atoms with Crippen LogP contribution in [0.3, 0.4) is 0 Å². The number of carbonyl (C=O) groups is 2. The van der Waals surface area contributed by atoms with Gasteiger partial charge in [-0.15, -0.1) is 6.58 Å². The number of likely N-dealkylation sites (tertiary alicyclic amines) is 1. The fourth-order valence-electron chi connectivity index (χ4n) is 3.92. The van der Waals surface area contributed by atoms with Crippen LogP contribution in [0.5, 0.6) is 0 Å². The van der Waals surface area contributed by atoms with Gasteiger partial charge < -0.3 is 14.9 Å². The van der Waals surface area contributed by atoms with Gasteiger partial charge in [-0.1, -0.05) is 6.08 Å². The van der Waals surface area contributed by atoms with Gasteiger partial charge in [0.05, 0.1) is 11.0 Å². The van der Waals surface area contributed by atoms with E-state index in [4.69, 9.17) is 0 Å². The molecule has 0 saturated carbocycles. The average Bonchev–Trinajstić information content (AvgIpc) is 3.16. The number of pyridine rings is 1. The maximum Gasteiger partial charge on any atom is 0.311 e. The maximum absolute atomic E-state index is 12.9. The summed E-state index contributed by atoms with van der Waals surface area (Å²) in [7, 11) is 0. The molecule has 0 spiro atoms. The highest BCUT2D eigenvalue weighted by Crippen LogP contribution is 2.36. The Morgan fingerprint density at radius 3 is 2.72 bits per heavy atom. The van der Waals surface area contributed by atoms with Crippen LogP contribution >= 0.6 is 0 Å². The van der Waals surface area contributed by atoms with Gasteiger partial charge in [0.15, 0.2) is 0 Å². The number of aromatic nitrogens is 1. The molecule has 3 rings (SSSR count). The van der Waals surface area contributed by atoms with Gasteiger partial charge in [-0.3, -0.25) is 9.59 Å². The Hall–Kier alpha value is -2.37. The molecular formula is C19H25N3O3. The minimum atomic E-state index is -0.856. The third-order valence-electron chi connectivity index (χ3n) is 5.28. The van der Waals surface area contributed by atoms with Gasteiger partial charge in [0, 0.05) is 32.4 Å². The number of carboxylic acids is 1. The summed E-state index contributed by atoms with van der Waals surface area (Å²) < 4.78 is 0. The predicted octanol–water partition coefficient (Wildman–Crippen LogP) is 2.56. The van der Waals surface area contributed by atoms with Crippen molar-refractivity contribution in [2.45, 2.75) is 32.1 Å². The van der Waals surface area contributed by atoms with E-state index in [0.717, 1.165) is 32.4 Å². The molecule has 2 fully saturated rings. The van der Waals surface area contributed by atoms with Crippen LogP contribution < -0.4 is 4.90 Å². The standard InChI is InChI=1S/C19H25N3O3/c1-2-8-19(18(24)25)9-6-13-22(14-19)16-15(7-5-10-20-16)17(23)21-11-3-4-12-21/h2,5,7,10H,1,3-4,6,8-9,11-14H2,(H,24,25)/t19-/m0/s1. The normalized spacial score (nSPS) is 23.5. The van der Waals surface area contributed by atoms with E-state index in [1.54, 1.807) is 24.4 Å². The molecule has 2 saturated heterocycles. The quantitative estimate of drug-likeness (QED) is 0.832. The largest absolute Gasteiger partial charge is 0.481 e. The summed E-state index contributed by atoms with van der Waals surface area (Å²) in [5.74, 6) is -0.204. The number of anilines is 1. The zero-order valence-electron chi connectivity index (χ0n) is 14.5. The minimum absolute atomic E-state index is 0.00387. The van der Waals surface area contributed by atoms with E-state index in [1.807, 2.05) is 9.80 Å². The Labute approximate surface area is 148 Å². The van der Waals surface area contributed by atoms with Crippen LogP contribution in [0.25, 0.3) is 0 Å². The minimum Gasteiger partial charge on any atom is -0.481 e. The maximum atomic E-state index is 12.9. The van der Waals surface area contributed by atoms with Crippen LogP contribution in [-0.4, -0.2) is 53.0 Å². The molecule has 0 aromatic carbocycles. The van der Waals surface area contributed by atoms with E-state index >= 15 is 0 Å². The number of carboxylic acid groups (broad SMARTS) is 1. The smallest absolute Gasteiger partial charge is 0.311 e. The lowest BCUT2D eigenvalue weighted by Gasteiger charge is -2.40. The Kier molecular flexibility index (Phi) is 5.06. The average molecular weight is 343 g/mol. The highest BCUT2D eigenvalue weighted by Gasteiger charge is 2.42. The Balaban J connectivity index is 1.89. The molecule has 1 N–H and O–H groups in total. The zero-order chi connectivity index (χ0) is 17.9. The van der Waals surface area contributed by atoms with E-state index in [9.17, 15) is 14.7 Å². The van der Waals surface area contributed by atoms with E-state index in [0.29, 0.717) is 37.3 Å². The third kappa shape index (κ3) is 3.38. The summed E-state index contributed by atoms with van der Waals surface area (Å²) in [6.07, 6.45) is 7.20. The van der Waals surface area contributed by atoms with Gasteiger partial charge in [0.1, 0.15) is 5.82 Å². The molecule has 1 aromatic rings. The Morgan fingerprint density at radius 2 is 2.04 bits per heavy atom. The van der Waals surface area contributed by atoms with Crippen molar-refractivity contribution in [3.8, 4) is 0 Å². The number of rotatable bonds is 5. The number of carbonyl (C=O) groups excluding carboxylic acids is 1. The first kappa shape index (κ1) is 17.5. The lowest BCUT2D eigenvalue weighted by atomic mass is 9.77. The molecule has 2 aliphatic heterocycles. The first-order chi connectivity index (χ1) is 12.1. The van der Waals surface area contributed by atoms with Crippen LogP contribution in [0.1, 0.15) is 42.5 Å². The second-order valence-electron chi connectivity index (χ2n) is 6.98. The third-order valence-corrected chi connectivity index (χ3v) is 5.28. The molecule has 0 unspecified atom stereocenters. The summed E-state index contributed by atoms with van der Waals surface area (Å²) >= 11 is 0. The molecule has 25 heavy (non-hydrogen) atoms. The molecule has 1 aromatic heterocycles. The molecule has 0 aliphatic carbocycles. The molecule has 6 heteroatoms. The van der Waals surface area contributed by atoms with Gasteiger partial charge in [0.25, 0.3) is 5.91 Å². The fourth-order valence-corrected chi connectivity index (χ4v) is 3.92. The van der Waals surface area contributed by atoms with Crippen molar-refractivity contribution < 1.29 is 14.7 Å². The lowest BCUT2D eigenvalue weighted by Crippen LogP contribution is -2.48. The second-order valence-corrected chi connectivity index (χ2v) is 6.98. The van der Waals surface area contributed by atoms with Crippen molar-refractivity contribution in [2.75, 3.05) is 31.1 Å². The molecular weight excluding hydrogens is 318 g/mol. The number of allylic oxidation sites excluding steroid dienone is 1. The summed E-state index contributed by atoms with van der Waals surface area (Å²) in [6.45, 7) is 6.35.